The molecule has 0 saturated heterocycles. The molecule has 0 aromatic heterocycles. The summed E-state index contributed by atoms with van der Waals surface area (Å²) in [5, 5.41) is 3.27. The lowest BCUT2D eigenvalue weighted by Gasteiger charge is -2.28. The maximum absolute atomic E-state index is 13.5. The highest BCUT2D eigenvalue weighted by Gasteiger charge is 2.13. The quantitative estimate of drug-likeness (QED) is 0.753. The van der Waals surface area contributed by atoms with E-state index in [0.717, 1.165) is 30.9 Å². The van der Waals surface area contributed by atoms with Gasteiger partial charge in [0.2, 0.25) is 0 Å². The number of hydrogen-bond donors (Lipinski definition) is 1. The number of methoxy groups -OCH3 is 1. The summed E-state index contributed by atoms with van der Waals surface area (Å²) in [7, 11) is 1.71. The largest absolute Gasteiger partial charge is 0.383 e. The van der Waals surface area contributed by atoms with Crippen LogP contribution in [0.3, 0.4) is 0 Å². The predicted molar refractivity (Wildman–Crippen MR) is 82.7 cm³/mol. The van der Waals surface area contributed by atoms with Crippen molar-refractivity contribution in [3.8, 4) is 0 Å². The Hall–Kier alpha value is -1.13. The second kappa shape index (κ2) is 8.93. The molecule has 1 rings (SSSR count). The third-order valence-electron chi connectivity index (χ3n) is 3.10. The van der Waals surface area contributed by atoms with Crippen LogP contribution in [0.1, 0.15) is 26.3 Å². The van der Waals surface area contributed by atoms with Crippen LogP contribution in [0.2, 0.25) is 0 Å². The van der Waals surface area contributed by atoms with Gasteiger partial charge in [-0.25, -0.2) is 4.39 Å². The number of anilines is 1. The van der Waals surface area contributed by atoms with E-state index in [-0.39, 0.29) is 5.82 Å². The van der Waals surface area contributed by atoms with Crippen molar-refractivity contribution in [2.45, 2.75) is 27.3 Å². The van der Waals surface area contributed by atoms with E-state index in [9.17, 15) is 4.39 Å². The first-order valence-corrected chi connectivity index (χ1v) is 7.31. The Morgan fingerprint density at radius 3 is 2.70 bits per heavy atom. The maximum Gasteiger partial charge on any atom is 0.123 e. The summed E-state index contributed by atoms with van der Waals surface area (Å²) in [6.45, 7) is 10.4. The molecule has 0 saturated carbocycles. The Bertz CT molecular complexity index is 396. The highest BCUT2D eigenvalue weighted by molar-refractivity contribution is 5.54. The van der Waals surface area contributed by atoms with E-state index >= 15 is 0 Å². The van der Waals surface area contributed by atoms with Crippen molar-refractivity contribution in [3.05, 3.63) is 29.6 Å². The van der Waals surface area contributed by atoms with Gasteiger partial charge in [-0.1, -0.05) is 20.8 Å². The van der Waals surface area contributed by atoms with Crippen molar-refractivity contribution in [2.24, 2.45) is 5.92 Å². The summed E-state index contributed by atoms with van der Waals surface area (Å²) >= 11 is 0. The number of nitrogens with zero attached hydrogens (tertiary/aromatic N) is 1. The van der Waals surface area contributed by atoms with Crippen LogP contribution in [0.4, 0.5) is 10.1 Å². The minimum absolute atomic E-state index is 0.183. The van der Waals surface area contributed by atoms with Crippen molar-refractivity contribution < 1.29 is 9.13 Å². The topological polar surface area (TPSA) is 24.5 Å². The zero-order chi connectivity index (χ0) is 15.0. The molecule has 4 heteroatoms. The molecule has 0 fully saturated rings. The summed E-state index contributed by atoms with van der Waals surface area (Å²) in [5.41, 5.74) is 2.10. The first-order chi connectivity index (χ1) is 9.58. The van der Waals surface area contributed by atoms with Gasteiger partial charge in [0, 0.05) is 32.4 Å². The molecule has 1 aromatic carbocycles. The van der Waals surface area contributed by atoms with Crippen LogP contribution in [-0.2, 0) is 11.3 Å². The van der Waals surface area contributed by atoms with E-state index in [0.29, 0.717) is 19.1 Å². The zero-order valence-corrected chi connectivity index (χ0v) is 13.1. The molecule has 1 aromatic rings. The number of nitrogens with one attached hydrogen (secondary N) is 1. The fourth-order valence-corrected chi connectivity index (χ4v) is 2.22. The molecular formula is C16H27FN2O. The first-order valence-electron chi connectivity index (χ1n) is 7.31. The Balaban J connectivity index is 2.96. The average molecular weight is 282 g/mol. The summed E-state index contributed by atoms with van der Waals surface area (Å²) in [4.78, 5) is 2.28. The van der Waals surface area contributed by atoms with Crippen LogP contribution in [0.15, 0.2) is 18.2 Å². The van der Waals surface area contributed by atoms with Crippen LogP contribution in [0.5, 0.6) is 0 Å². The summed E-state index contributed by atoms with van der Waals surface area (Å²) in [5.74, 6) is 0.363. The van der Waals surface area contributed by atoms with Gasteiger partial charge in [-0.3, -0.25) is 0 Å². The normalized spacial score (nSPS) is 11.1. The van der Waals surface area contributed by atoms with Gasteiger partial charge in [0.05, 0.1) is 6.61 Å². The number of hydrogen-bond acceptors (Lipinski definition) is 3. The van der Waals surface area contributed by atoms with E-state index < -0.39 is 0 Å². The lowest BCUT2D eigenvalue weighted by Crippen LogP contribution is -2.32. The molecule has 114 valence electrons. The van der Waals surface area contributed by atoms with Gasteiger partial charge in [0.15, 0.2) is 0 Å². The van der Waals surface area contributed by atoms with Gasteiger partial charge in [-0.05, 0) is 36.2 Å². The van der Waals surface area contributed by atoms with E-state index in [1.807, 2.05) is 6.07 Å². The third kappa shape index (κ3) is 5.47. The van der Waals surface area contributed by atoms with E-state index in [2.05, 4.69) is 31.0 Å². The Kier molecular flexibility index (Phi) is 7.55. The van der Waals surface area contributed by atoms with Gasteiger partial charge in [0.1, 0.15) is 5.82 Å². The Morgan fingerprint density at radius 2 is 2.10 bits per heavy atom. The van der Waals surface area contributed by atoms with Crippen LogP contribution in [0, 0.1) is 11.7 Å². The molecule has 0 heterocycles. The third-order valence-corrected chi connectivity index (χ3v) is 3.10. The van der Waals surface area contributed by atoms with Gasteiger partial charge in [-0.2, -0.15) is 0 Å². The second-order valence-electron chi connectivity index (χ2n) is 5.39. The van der Waals surface area contributed by atoms with E-state index in [1.165, 1.54) is 6.07 Å². The molecule has 0 atom stereocenters. The van der Waals surface area contributed by atoms with Gasteiger partial charge in [-0.15, -0.1) is 0 Å². The van der Waals surface area contributed by atoms with Gasteiger partial charge < -0.3 is 15.0 Å². The SMILES string of the molecule is CCNCc1cc(F)ccc1N(CCOC)CC(C)C. The lowest BCUT2D eigenvalue weighted by molar-refractivity contribution is 0.204. The molecule has 0 bridgehead atoms. The molecule has 0 radical (unpaired) electrons. The van der Waals surface area contributed by atoms with E-state index in [4.69, 9.17) is 4.74 Å². The van der Waals surface area contributed by atoms with Crippen molar-refractivity contribution in [3.63, 3.8) is 0 Å². The molecule has 0 amide bonds. The molecule has 1 N–H and O–H groups in total. The number of benzene rings is 1. The molecule has 20 heavy (non-hydrogen) atoms. The van der Waals surface area contributed by atoms with Gasteiger partial charge >= 0.3 is 0 Å². The summed E-state index contributed by atoms with van der Waals surface area (Å²) in [6, 6.07) is 5.03. The lowest BCUT2D eigenvalue weighted by atomic mass is 10.1. The predicted octanol–water partition coefficient (Wildman–Crippen LogP) is 3.04. The molecule has 0 unspecified atom stereocenters. The zero-order valence-electron chi connectivity index (χ0n) is 13.1. The van der Waals surface area contributed by atoms with Crippen LogP contribution < -0.4 is 10.2 Å². The van der Waals surface area contributed by atoms with Crippen molar-refractivity contribution in [1.29, 1.82) is 0 Å². The molecule has 0 aliphatic heterocycles. The Labute approximate surface area is 122 Å². The monoisotopic (exact) mass is 282 g/mol. The highest BCUT2D eigenvalue weighted by atomic mass is 19.1. The second-order valence-corrected chi connectivity index (χ2v) is 5.39. The van der Waals surface area contributed by atoms with Crippen molar-refractivity contribution in [2.75, 3.05) is 38.3 Å². The minimum atomic E-state index is -0.183. The van der Waals surface area contributed by atoms with Crippen LogP contribution >= 0.6 is 0 Å². The molecule has 0 spiro atoms. The van der Waals surface area contributed by atoms with E-state index in [1.54, 1.807) is 13.2 Å². The summed E-state index contributed by atoms with van der Waals surface area (Å²) in [6.07, 6.45) is 0. The molecular weight excluding hydrogens is 255 g/mol. The molecule has 0 aliphatic carbocycles. The van der Waals surface area contributed by atoms with Crippen LogP contribution in [0.25, 0.3) is 0 Å². The fourth-order valence-electron chi connectivity index (χ4n) is 2.22. The van der Waals surface area contributed by atoms with Crippen LogP contribution in [-0.4, -0.2) is 33.4 Å². The van der Waals surface area contributed by atoms with Crippen molar-refractivity contribution >= 4 is 5.69 Å². The first kappa shape index (κ1) is 16.9. The van der Waals surface area contributed by atoms with Crippen molar-refractivity contribution in [1.82, 2.24) is 5.32 Å². The maximum atomic E-state index is 13.5. The van der Waals surface area contributed by atoms with Gasteiger partial charge in [0.25, 0.3) is 0 Å². The Morgan fingerprint density at radius 1 is 1.35 bits per heavy atom. The number of ether oxygens (including phenoxy) is 1. The smallest absolute Gasteiger partial charge is 0.123 e. The summed E-state index contributed by atoms with van der Waals surface area (Å²) < 4.78 is 18.7. The minimum Gasteiger partial charge on any atom is -0.383 e. The number of halogens is 1. The average Bonchev–Trinajstić information content (AvgIpc) is 2.41. The molecule has 0 aliphatic rings. The molecule has 3 nitrogen and oxygen atoms in total. The highest BCUT2D eigenvalue weighted by Crippen LogP contribution is 2.23. The standard InChI is InChI=1S/C16H27FN2O/c1-5-18-11-14-10-15(17)6-7-16(14)19(8-9-20-4)12-13(2)3/h6-7,10,13,18H,5,8-9,11-12H2,1-4H3. The number of rotatable bonds is 9. The fraction of sp³-hybridized carbons (Fsp3) is 0.625.